The van der Waals surface area contributed by atoms with Crippen molar-refractivity contribution in [1.29, 1.82) is 0 Å². The molecule has 0 spiro atoms. The minimum atomic E-state index is -3.90. The Morgan fingerprint density at radius 1 is 1.09 bits per heavy atom. The minimum absolute atomic E-state index is 0.0591. The quantitative estimate of drug-likeness (QED) is 0.928. The highest BCUT2D eigenvalue weighted by Crippen LogP contribution is 2.37. The van der Waals surface area contributed by atoms with Crippen LogP contribution >= 0.6 is 11.6 Å². The molecular weight excluding hydrogens is 324 g/mol. The molecule has 2 rings (SSSR count). The summed E-state index contributed by atoms with van der Waals surface area (Å²) in [7, 11) is -3.90. The second-order valence-electron chi connectivity index (χ2n) is 5.17. The van der Waals surface area contributed by atoms with Crippen LogP contribution in [0, 0.1) is 0 Å². The molecule has 1 atom stereocenters. The number of aliphatic carboxylic acids is 1. The molecule has 4 nitrogen and oxygen atoms in total. The largest absolute Gasteiger partial charge is 0.480 e. The van der Waals surface area contributed by atoms with Gasteiger partial charge in [0, 0.05) is 16.8 Å². The number of hydrogen-bond donors (Lipinski definition) is 1. The molecule has 22 heavy (non-hydrogen) atoms. The number of halogens is 1. The Labute approximate surface area is 134 Å². The number of carboxylic acids is 1. The summed E-state index contributed by atoms with van der Waals surface area (Å²) in [6.07, 6.45) is 0.891. The topological polar surface area (TPSA) is 71.4 Å². The molecule has 0 aromatic heterocycles. The molecule has 2 aromatic rings. The number of sulfone groups is 1. The van der Waals surface area contributed by atoms with Crippen molar-refractivity contribution >= 4 is 27.4 Å². The maximum Gasteiger partial charge on any atom is 0.329 e. The summed E-state index contributed by atoms with van der Waals surface area (Å²) in [6.45, 7) is 1.15. The van der Waals surface area contributed by atoms with Crippen molar-refractivity contribution in [3.05, 3.63) is 59.1 Å². The van der Waals surface area contributed by atoms with Crippen LogP contribution in [0.3, 0.4) is 0 Å². The lowest BCUT2D eigenvalue weighted by atomic mass is 9.96. The molecular formula is C16H15ClO4S. The maximum atomic E-state index is 12.0. The second-order valence-corrected chi connectivity index (χ2v) is 7.94. The summed E-state index contributed by atoms with van der Waals surface area (Å²) in [4.78, 5) is 11.5. The van der Waals surface area contributed by atoms with E-state index in [0.29, 0.717) is 0 Å². The van der Waals surface area contributed by atoms with Gasteiger partial charge in [0.25, 0.3) is 0 Å². The van der Waals surface area contributed by atoms with Gasteiger partial charge in [-0.1, -0.05) is 54.1 Å². The lowest BCUT2D eigenvalue weighted by Gasteiger charge is -2.24. The van der Waals surface area contributed by atoms with Crippen LogP contribution in [0.15, 0.2) is 48.5 Å². The van der Waals surface area contributed by atoms with Gasteiger partial charge in [-0.15, -0.1) is 0 Å². The highest BCUT2D eigenvalue weighted by atomic mass is 35.5. The third-order valence-electron chi connectivity index (χ3n) is 3.74. The summed E-state index contributed by atoms with van der Waals surface area (Å²) in [6, 6.07) is 14.1. The Bertz CT molecular complexity index is 815. The molecule has 1 unspecified atom stereocenters. The number of rotatable bonds is 4. The molecule has 2 aromatic carbocycles. The zero-order chi connectivity index (χ0) is 16.5. The first-order valence-corrected chi connectivity index (χ1v) is 8.73. The van der Waals surface area contributed by atoms with Crippen LogP contribution in [0.4, 0.5) is 0 Å². The lowest BCUT2D eigenvalue weighted by Crippen LogP contribution is -2.40. The van der Waals surface area contributed by atoms with Gasteiger partial charge >= 0.3 is 5.97 Å². The van der Waals surface area contributed by atoms with Crippen molar-refractivity contribution in [3.8, 4) is 11.1 Å². The Kier molecular flexibility index (Phi) is 4.31. The Morgan fingerprint density at radius 2 is 1.68 bits per heavy atom. The fourth-order valence-corrected chi connectivity index (χ4v) is 3.51. The van der Waals surface area contributed by atoms with E-state index in [9.17, 15) is 18.3 Å². The SMILES string of the molecule is CC(C(=O)O)(c1ccc(-c2ccccc2)cc1Cl)S(C)(=O)=O. The van der Waals surface area contributed by atoms with Crippen LogP contribution in [0.25, 0.3) is 11.1 Å². The molecule has 116 valence electrons. The average Bonchev–Trinajstić information content (AvgIpc) is 2.46. The van der Waals surface area contributed by atoms with Gasteiger partial charge in [-0.05, 0) is 24.1 Å². The van der Waals surface area contributed by atoms with E-state index in [1.165, 1.54) is 6.07 Å². The summed E-state index contributed by atoms with van der Waals surface area (Å²) < 4.78 is 21.8. The van der Waals surface area contributed by atoms with Crippen molar-refractivity contribution in [2.24, 2.45) is 0 Å². The summed E-state index contributed by atoms with van der Waals surface area (Å²) in [5.41, 5.74) is 1.76. The van der Waals surface area contributed by atoms with Crippen LogP contribution in [-0.2, 0) is 19.4 Å². The molecule has 0 fully saturated rings. The molecule has 6 heteroatoms. The highest BCUT2D eigenvalue weighted by Gasteiger charge is 2.46. The molecule has 0 saturated heterocycles. The maximum absolute atomic E-state index is 12.0. The van der Waals surface area contributed by atoms with Crippen LogP contribution in [0.2, 0.25) is 5.02 Å². The van der Waals surface area contributed by atoms with Crippen LogP contribution in [0.5, 0.6) is 0 Å². The van der Waals surface area contributed by atoms with Gasteiger partial charge in [0.2, 0.25) is 0 Å². The number of hydrogen-bond acceptors (Lipinski definition) is 3. The van der Waals surface area contributed by atoms with Crippen molar-refractivity contribution in [2.45, 2.75) is 11.7 Å². The van der Waals surface area contributed by atoms with E-state index in [-0.39, 0.29) is 10.6 Å². The second kappa shape index (κ2) is 5.74. The van der Waals surface area contributed by atoms with Gasteiger partial charge in [0.05, 0.1) is 0 Å². The van der Waals surface area contributed by atoms with Gasteiger partial charge in [0.1, 0.15) is 0 Å². The number of carbonyl (C=O) groups is 1. The zero-order valence-corrected chi connectivity index (χ0v) is 13.6. The van der Waals surface area contributed by atoms with Gasteiger partial charge in [0.15, 0.2) is 14.6 Å². The molecule has 0 bridgehead atoms. The van der Waals surface area contributed by atoms with E-state index in [0.717, 1.165) is 24.3 Å². The molecule has 0 aliphatic rings. The molecule has 1 N–H and O–H groups in total. The predicted molar refractivity (Wildman–Crippen MR) is 86.7 cm³/mol. The first kappa shape index (κ1) is 16.5. The number of carboxylic acid groups (broad SMARTS) is 1. The van der Waals surface area contributed by atoms with Crippen molar-refractivity contribution in [3.63, 3.8) is 0 Å². The zero-order valence-electron chi connectivity index (χ0n) is 12.1. The standard InChI is InChI=1S/C16H15ClO4S/c1-16(15(18)19,22(2,20)21)13-9-8-12(10-14(13)17)11-6-4-3-5-7-11/h3-10H,1-2H3,(H,18,19). The van der Waals surface area contributed by atoms with E-state index in [2.05, 4.69) is 0 Å². The normalized spacial score (nSPS) is 14.3. The average molecular weight is 339 g/mol. The van der Waals surface area contributed by atoms with Crippen molar-refractivity contribution in [2.75, 3.05) is 6.26 Å². The third kappa shape index (κ3) is 2.74. The van der Waals surface area contributed by atoms with Crippen LogP contribution < -0.4 is 0 Å². The molecule has 0 heterocycles. The monoisotopic (exact) mass is 338 g/mol. The first-order valence-electron chi connectivity index (χ1n) is 6.46. The summed E-state index contributed by atoms with van der Waals surface area (Å²) >= 11 is 6.19. The molecule has 0 radical (unpaired) electrons. The predicted octanol–water partition coefficient (Wildman–Crippen LogP) is 3.35. The van der Waals surface area contributed by atoms with Crippen molar-refractivity contribution < 1.29 is 18.3 Å². The molecule has 0 aliphatic carbocycles. The smallest absolute Gasteiger partial charge is 0.329 e. The Balaban J connectivity index is 2.62. The van der Waals surface area contributed by atoms with Crippen molar-refractivity contribution in [1.82, 2.24) is 0 Å². The first-order chi connectivity index (χ1) is 10.2. The van der Waals surface area contributed by atoms with E-state index in [1.54, 1.807) is 12.1 Å². The van der Waals surface area contributed by atoms with Gasteiger partial charge in [-0.25, -0.2) is 8.42 Å². The Morgan fingerprint density at radius 3 is 2.14 bits per heavy atom. The fraction of sp³-hybridized carbons (Fsp3) is 0.188. The highest BCUT2D eigenvalue weighted by molar-refractivity contribution is 7.92. The minimum Gasteiger partial charge on any atom is -0.480 e. The van der Waals surface area contributed by atoms with Crippen LogP contribution in [-0.4, -0.2) is 25.7 Å². The molecule has 0 amide bonds. The van der Waals surface area contributed by atoms with E-state index in [4.69, 9.17) is 11.6 Å². The van der Waals surface area contributed by atoms with Gasteiger partial charge < -0.3 is 5.11 Å². The van der Waals surface area contributed by atoms with Gasteiger partial charge in [-0.2, -0.15) is 0 Å². The van der Waals surface area contributed by atoms with E-state index in [1.807, 2.05) is 30.3 Å². The third-order valence-corrected chi connectivity index (χ3v) is 5.93. The fourth-order valence-electron chi connectivity index (χ4n) is 2.19. The lowest BCUT2D eigenvalue weighted by molar-refractivity contribution is -0.139. The van der Waals surface area contributed by atoms with E-state index >= 15 is 0 Å². The number of benzene rings is 2. The molecule has 0 saturated carbocycles. The molecule has 0 aliphatic heterocycles. The van der Waals surface area contributed by atoms with Gasteiger partial charge in [-0.3, -0.25) is 4.79 Å². The summed E-state index contributed by atoms with van der Waals surface area (Å²) in [5.74, 6) is -1.45. The Hall–Kier alpha value is -1.85. The van der Waals surface area contributed by atoms with E-state index < -0.39 is 20.6 Å². The summed E-state index contributed by atoms with van der Waals surface area (Å²) in [5, 5.41) is 9.50. The van der Waals surface area contributed by atoms with Crippen LogP contribution in [0.1, 0.15) is 12.5 Å².